The Bertz CT molecular complexity index is 356. The van der Waals surface area contributed by atoms with Gasteiger partial charge >= 0.3 is 0 Å². The van der Waals surface area contributed by atoms with E-state index in [2.05, 4.69) is 12.3 Å². The molecule has 0 aromatic carbocycles. The molecule has 0 spiro atoms. The average Bonchev–Trinajstić information content (AvgIpc) is 2.60. The molecule has 4 atom stereocenters. The number of nitrogens with two attached hydrogens (primary N) is 1. The van der Waals surface area contributed by atoms with Gasteiger partial charge in [0.25, 0.3) is 0 Å². The van der Waals surface area contributed by atoms with Crippen LogP contribution in [-0.4, -0.2) is 26.0 Å². The third-order valence-corrected chi connectivity index (χ3v) is 6.25. The van der Waals surface area contributed by atoms with E-state index < -0.39 is 9.84 Å². The summed E-state index contributed by atoms with van der Waals surface area (Å²) in [5, 5.41) is 0. The maximum Gasteiger partial charge on any atom is 0.150 e. The highest BCUT2D eigenvalue weighted by atomic mass is 32.2. The van der Waals surface area contributed by atoms with Crippen molar-refractivity contribution in [2.24, 2.45) is 23.6 Å². The third-order valence-electron chi connectivity index (χ3n) is 4.45. The molecule has 1 saturated carbocycles. The van der Waals surface area contributed by atoms with Crippen LogP contribution in [0.4, 0.5) is 0 Å². The highest BCUT2D eigenvalue weighted by molar-refractivity contribution is 7.91. The molecule has 0 amide bonds. The van der Waals surface area contributed by atoms with Crippen LogP contribution in [0.1, 0.15) is 39.0 Å². The van der Waals surface area contributed by atoms with Gasteiger partial charge in [-0.1, -0.05) is 19.8 Å². The first kappa shape index (κ1) is 13.3. The zero-order valence-electron chi connectivity index (χ0n) is 10.6. The van der Waals surface area contributed by atoms with Crippen molar-refractivity contribution in [2.75, 3.05) is 11.5 Å². The SMILES string of the molecule is CC1CCCC(C(NN)C2CCS(=O)(=O)C2)C1. The number of hydrogen-bond acceptors (Lipinski definition) is 4. The Kier molecular flexibility index (Phi) is 4.10. The standard InChI is InChI=1S/C12H24N2O2S/c1-9-3-2-4-10(7-9)12(14-13)11-5-6-17(15,16)8-11/h9-12,14H,2-8,13H2,1H3. The Hall–Kier alpha value is -0.130. The first-order valence-electron chi connectivity index (χ1n) is 6.68. The Morgan fingerprint density at radius 1 is 1.24 bits per heavy atom. The van der Waals surface area contributed by atoms with E-state index in [1.165, 1.54) is 25.7 Å². The fourth-order valence-corrected chi connectivity index (χ4v) is 5.43. The highest BCUT2D eigenvalue weighted by Crippen LogP contribution is 2.35. The summed E-state index contributed by atoms with van der Waals surface area (Å²) in [5.41, 5.74) is 2.91. The number of rotatable bonds is 3. The van der Waals surface area contributed by atoms with Crippen molar-refractivity contribution in [1.82, 2.24) is 5.43 Å². The van der Waals surface area contributed by atoms with Gasteiger partial charge in [-0.15, -0.1) is 0 Å². The molecule has 2 aliphatic rings. The van der Waals surface area contributed by atoms with Crippen molar-refractivity contribution in [3.05, 3.63) is 0 Å². The first-order chi connectivity index (χ1) is 8.02. The largest absolute Gasteiger partial charge is 0.271 e. The predicted molar refractivity (Wildman–Crippen MR) is 69.0 cm³/mol. The van der Waals surface area contributed by atoms with E-state index in [0.29, 0.717) is 17.4 Å². The second kappa shape index (κ2) is 5.24. The fraction of sp³-hybridized carbons (Fsp3) is 1.00. The quantitative estimate of drug-likeness (QED) is 0.588. The van der Waals surface area contributed by atoms with E-state index >= 15 is 0 Å². The summed E-state index contributed by atoms with van der Waals surface area (Å²) in [7, 11) is -2.80. The molecule has 0 aromatic rings. The van der Waals surface area contributed by atoms with Crippen LogP contribution in [0.5, 0.6) is 0 Å². The zero-order valence-corrected chi connectivity index (χ0v) is 11.4. The minimum Gasteiger partial charge on any atom is -0.271 e. The number of hydrazine groups is 1. The van der Waals surface area contributed by atoms with E-state index in [-0.39, 0.29) is 12.0 Å². The molecule has 1 aliphatic heterocycles. The molecule has 17 heavy (non-hydrogen) atoms. The lowest BCUT2D eigenvalue weighted by molar-refractivity contribution is 0.185. The Labute approximate surface area is 104 Å². The van der Waals surface area contributed by atoms with Gasteiger partial charge in [-0.05, 0) is 37.0 Å². The molecule has 4 nitrogen and oxygen atoms in total. The second-order valence-electron chi connectivity index (χ2n) is 5.89. The summed E-state index contributed by atoms with van der Waals surface area (Å²) >= 11 is 0. The van der Waals surface area contributed by atoms with Crippen LogP contribution in [0.15, 0.2) is 0 Å². The van der Waals surface area contributed by atoms with Gasteiger partial charge in [-0.25, -0.2) is 8.42 Å². The van der Waals surface area contributed by atoms with Crippen LogP contribution < -0.4 is 11.3 Å². The van der Waals surface area contributed by atoms with Gasteiger partial charge in [-0.2, -0.15) is 0 Å². The maximum absolute atomic E-state index is 11.5. The van der Waals surface area contributed by atoms with E-state index in [9.17, 15) is 8.42 Å². The van der Waals surface area contributed by atoms with Gasteiger partial charge in [0.2, 0.25) is 0 Å². The van der Waals surface area contributed by atoms with Gasteiger partial charge < -0.3 is 0 Å². The molecule has 100 valence electrons. The van der Waals surface area contributed by atoms with E-state index in [0.717, 1.165) is 12.3 Å². The van der Waals surface area contributed by atoms with E-state index in [1.807, 2.05) is 0 Å². The smallest absolute Gasteiger partial charge is 0.150 e. The monoisotopic (exact) mass is 260 g/mol. The normalized spacial score (nSPS) is 39.1. The van der Waals surface area contributed by atoms with Gasteiger partial charge in [-0.3, -0.25) is 11.3 Å². The van der Waals surface area contributed by atoms with Gasteiger partial charge in [0.05, 0.1) is 11.5 Å². The van der Waals surface area contributed by atoms with Crippen LogP contribution in [0.3, 0.4) is 0 Å². The first-order valence-corrected chi connectivity index (χ1v) is 8.50. The minimum absolute atomic E-state index is 0.190. The summed E-state index contributed by atoms with van der Waals surface area (Å²) in [6.45, 7) is 2.28. The molecule has 4 unspecified atom stereocenters. The number of nitrogens with one attached hydrogen (secondary N) is 1. The Morgan fingerprint density at radius 2 is 2.00 bits per heavy atom. The number of sulfone groups is 1. The molecule has 0 aromatic heterocycles. The Morgan fingerprint density at radius 3 is 2.53 bits per heavy atom. The lowest BCUT2D eigenvalue weighted by Crippen LogP contribution is -2.47. The highest BCUT2D eigenvalue weighted by Gasteiger charge is 2.38. The van der Waals surface area contributed by atoms with Crippen LogP contribution in [-0.2, 0) is 9.84 Å². The summed E-state index contributed by atoms with van der Waals surface area (Å²) in [6.07, 6.45) is 5.71. The number of hydrogen-bond donors (Lipinski definition) is 2. The molecule has 0 radical (unpaired) electrons. The molecule has 5 heteroatoms. The van der Waals surface area contributed by atoms with Gasteiger partial charge in [0.1, 0.15) is 0 Å². The lowest BCUT2D eigenvalue weighted by atomic mass is 9.75. The predicted octanol–water partition coefficient (Wildman–Crippen LogP) is 1.08. The summed E-state index contributed by atoms with van der Waals surface area (Å²) in [5.74, 6) is 7.88. The fourth-order valence-electron chi connectivity index (χ4n) is 3.57. The molecular weight excluding hydrogens is 236 g/mol. The second-order valence-corrected chi connectivity index (χ2v) is 8.12. The molecule has 3 N–H and O–H groups in total. The molecule has 2 fully saturated rings. The minimum atomic E-state index is -2.80. The summed E-state index contributed by atoms with van der Waals surface area (Å²) in [4.78, 5) is 0. The van der Waals surface area contributed by atoms with E-state index in [4.69, 9.17) is 5.84 Å². The van der Waals surface area contributed by atoms with Gasteiger partial charge in [0.15, 0.2) is 9.84 Å². The molecule has 1 heterocycles. The maximum atomic E-state index is 11.5. The van der Waals surface area contributed by atoms with Crippen LogP contribution in [0.25, 0.3) is 0 Å². The van der Waals surface area contributed by atoms with Crippen LogP contribution in [0.2, 0.25) is 0 Å². The lowest BCUT2D eigenvalue weighted by Gasteiger charge is -2.35. The summed E-state index contributed by atoms with van der Waals surface area (Å²) in [6, 6.07) is 0.190. The van der Waals surface area contributed by atoms with Crippen molar-refractivity contribution in [3.8, 4) is 0 Å². The molecule has 0 bridgehead atoms. The molecule has 1 saturated heterocycles. The van der Waals surface area contributed by atoms with Crippen molar-refractivity contribution in [3.63, 3.8) is 0 Å². The average molecular weight is 260 g/mol. The summed E-state index contributed by atoms with van der Waals surface area (Å²) < 4.78 is 23.1. The van der Waals surface area contributed by atoms with Crippen LogP contribution in [0, 0.1) is 17.8 Å². The van der Waals surface area contributed by atoms with Gasteiger partial charge in [0, 0.05) is 6.04 Å². The van der Waals surface area contributed by atoms with Crippen molar-refractivity contribution in [1.29, 1.82) is 0 Å². The molecule has 2 rings (SSSR count). The van der Waals surface area contributed by atoms with Crippen molar-refractivity contribution < 1.29 is 8.42 Å². The molecular formula is C12H24N2O2S. The van der Waals surface area contributed by atoms with Crippen molar-refractivity contribution in [2.45, 2.75) is 45.1 Å². The third kappa shape index (κ3) is 3.20. The van der Waals surface area contributed by atoms with Crippen LogP contribution >= 0.6 is 0 Å². The Balaban J connectivity index is 2.01. The molecule has 1 aliphatic carbocycles. The van der Waals surface area contributed by atoms with Crippen molar-refractivity contribution >= 4 is 9.84 Å². The van der Waals surface area contributed by atoms with E-state index in [1.54, 1.807) is 0 Å². The topological polar surface area (TPSA) is 72.2 Å². The zero-order chi connectivity index (χ0) is 12.5.